The summed E-state index contributed by atoms with van der Waals surface area (Å²) in [5, 5.41) is 10.6. The molecule has 0 saturated heterocycles. The van der Waals surface area contributed by atoms with Crippen molar-refractivity contribution in [3.8, 4) is 0 Å². The molecule has 0 aromatic heterocycles. The van der Waals surface area contributed by atoms with Gasteiger partial charge in [-0.25, -0.2) is 9.13 Å². The van der Waals surface area contributed by atoms with Gasteiger partial charge in [-0.3, -0.25) is 37.3 Å². The van der Waals surface area contributed by atoms with Crippen LogP contribution in [0.25, 0.3) is 0 Å². The number of esters is 4. The van der Waals surface area contributed by atoms with Crippen LogP contribution >= 0.6 is 15.6 Å². The van der Waals surface area contributed by atoms with E-state index in [1.165, 1.54) is 44.9 Å². The van der Waals surface area contributed by atoms with Gasteiger partial charge in [-0.2, -0.15) is 0 Å². The number of phosphoric acid groups is 2. The molecule has 5 atom stereocenters. The van der Waals surface area contributed by atoms with Crippen LogP contribution in [0.1, 0.15) is 310 Å². The Morgan fingerprint density at radius 2 is 0.540 bits per heavy atom. The summed E-state index contributed by atoms with van der Waals surface area (Å²) in [4.78, 5) is 72.9. The molecule has 0 aliphatic rings. The third-order valence-electron chi connectivity index (χ3n) is 15.9. The van der Waals surface area contributed by atoms with Gasteiger partial charge < -0.3 is 33.8 Å². The van der Waals surface area contributed by atoms with Crippen LogP contribution in [0, 0.1) is 0 Å². The van der Waals surface area contributed by atoms with Gasteiger partial charge in [0.25, 0.3) is 0 Å². The van der Waals surface area contributed by atoms with Gasteiger partial charge in [0.15, 0.2) is 12.2 Å². The topological polar surface area (TPSA) is 237 Å². The Morgan fingerprint density at radius 3 is 0.890 bits per heavy atom. The molecular formula is C81H138O17P2. The fourth-order valence-electron chi connectivity index (χ4n) is 9.96. The van der Waals surface area contributed by atoms with Gasteiger partial charge in [0.1, 0.15) is 19.3 Å². The molecule has 0 aromatic rings. The molecule has 0 amide bonds. The summed E-state index contributed by atoms with van der Waals surface area (Å²) in [5.74, 6) is -2.26. The third kappa shape index (κ3) is 71.8. The number of hydrogen-bond acceptors (Lipinski definition) is 15. The first-order chi connectivity index (χ1) is 48.7. The number of hydrogen-bond donors (Lipinski definition) is 3. The minimum absolute atomic E-state index is 0.0371. The average molecular weight is 1450 g/mol. The number of carbonyl (C=O) groups is 4. The maximum atomic E-state index is 13.1. The van der Waals surface area contributed by atoms with Gasteiger partial charge in [-0.15, -0.1) is 0 Å². The Kier molecular flexibility index (Phi) is 69.5. The van der Waals surface area contributed by atoms with Crippen molar-refractivity contribution < 1.29 is 80.2 Å². The normalized spacial score (nSPS) is 14.6. The first kappa shape index (κ1) is 95.5. The summed E-state index contributed by atoms with van der Waals surface area (Å²) in [6.45, 7) is 4.57. The van der Waals surface area contributed by atoms with Crippen molar-refractivity contribution in [2.45, 2.75) is 329 Å². The van der Waals surface area contributed by atoms with Crippen molar-refractivity contribution in [1.29, 1.82) is 0 Å². The van der Waals surface area contributed by atoms with E-state index in [9.17, 15) is 43.2 Å². The van der Waals surface area contributed by atoms with Gasteiger partial charge in [-0.05, 0) is 154 Å². The Hall–Kier alpha value is -4.54. The second kappa shape index (κ2) is 72.8. The molecule has 0 saturated carbocycles. The third-order valence-corrected chi connectivity index (χ3v) is 17.8. The molecule has 3 N–H and O–H groups in total. The van der Waals surface area contributed by atoms with Crippen LogP contribution in [0.15, 0.2) is 122 Å². The van der Waals surface area contributed by atoms with E-state index in [-0.39, 0.29) is 25.7 Å². The van der Waals surface area contributed by atoms with Crippen LogP contribution in [-0.4, -0.2) is 96.7 Å². The van der Waals surface area contributed by atoms with Crippen LogP contribution in [0.3, 0.4) is 0 Å². The highest BCUT2D eigenvalue weighted by atomic mass is 31.2. The second-order valence-corrected chi connectivity index (χ2v) is 28.5. The number of unbranched alkanes of at least 4 members (excludes halogenated alkanes) is 26. The van der Waals surface area contributed by atoms with E-state index in [0.717, 1.165) is 180 Å². The fourth-order valence-corrected chi connectivity index (χ4v) is 11.5. The predicted molar refractivity (Wildman–Crippen MR) is 408 cm³/mol. The van der Waals surface area contributed by atoms with E-state index in [2.05, 4.69) is 149 Å². The molecule has 0 aliphatic heterocycles. The lowest BCUT2D eigenvalue weighted by Gasteiger charge is -2.21. The molecule has 100 heavy (non-hydrogen) atoms. The number of allylic oxidation sites excluding steroid dienone is 20. The number of rotatable bonds is 72. The molecule has 0 rings (SSSR count). The lowest BCUT2D eigenvalue weighted by Crippen LogP contribution is -2.30. The van der Waals surface area contributed by atoms with Crippen molar-refractivity contribution in [2.24, 2.45) is 0 Å². The Labute approximate surface area is 606 Å². The lowest BCUT2D eigenvalue weighted by molar-refractivity contribution is -0.161. The van der Waals surface area contributed by atoms with Crippen LogP contribution in [-0.2, 0) is 65.4 Å². The summed E-state index contributed by atoms with van der Waals surface area (Å²) < 4.78 is 68.4. The molecule has 0 aliphatic carbocycles. The molecule has 0 aromatic carbocycles. The van der Waals surface area contributed by atoms with E-state index < -0.39 is 97.5 Å². The van der Waals surface area contributed by atoms with E-state index in [1.54, 1.807) is 0 Å². The fraction of sp³-hybridized carbons (Fsp3) is 0.704. The number of ether oxygens (including phenoxy) is 4. The lowest BCUT2D eigenvalue weighted by atomic mass is 10.1. The molecular weight excluding hydrogens is 1310 g/mol. The quantitative estimate of drug-likeness (QED) is 0.0169. The highest BCUT2D eigenvalue weighted by Crippen LogP contribution is 2.45. The van der Waals surface area contributed by atoms with E-state index in [1.807, 2.05) is 0 Å². The monoisotopic (exact) mass is 1440 g/mol. The molecule has 0 fully saturated rings. The molecule has 0 bridgehead atoms. The van der Waals surface area contributed by atoms with Gasteiger partial charge in [0, 0.05) is 25.7 Å². The van der Waals surface area contributed by atoms with Crippen molar-refractivity contribution in [2.75, 3.05) is 39.6 Å². The van der Waals surface area contributed by atoms with Crippen molar-refractivity contribution in [3.05, 3.63) is 122 Å². The van der Waals surface area contributed by atoms with E-state index in [4.69, 9.17) is 37.0 Å². The van der Waals surface area contributed by atoms with Gasteiger partial charge in [0.05, 0.1) is 26.4 Å². The van der Waals surface area contributed by atoms with Gasteiger partial charge in [0.2, 0.25) is 0 Å². The Bertz CT molecular complexity index is 2370. The maximum Gasteiger partial charge on any atom is 0.472 e. The van der Waals surface area contributed by atoms with Crippen molar-refractivity contribution in [3.63, 3.8) is 0 Å². The molecule has 0 radical (unpaired) electrons. The number of phosphoric ester groups is 2. The number of aliphatic hydroxyl groups excluding tert-OH is 1. The minimum atomic E-state index is -4.99. The zero-order chi connectivity index (χ0) is 73.2. The standard InChI is InChI=1S/C81H138O17P2/c1-5-9-13-17-21-25-29-33-35-36-37-38-40-43-46-50-54-58-62-66-79(84)92-72-77(98-81(86)68-64-60-56-52-48-44-39-34-30-26-22-18-14-10-6-2)74-96-100(89,90)94-70-75(82)69-93-99(87,88)95-73-76(97-80(85)67-63-59-55-51-47-42-32-28-24-20-16-12-8-4)71-91-78(83)65-61-57-53-49-45-41-31-27-23-19-15-11-7-3/h10,14-15,19,21-22,25-28,31-35,37-39,48,52,75-77,82H,5-9,11-13,16-18,20,23-24,29-30,36,40-47,49-51,53-74H2,1-4H3,(H,87,88)(H,89,90)/b14-10-,19-15-,25-21-,26-22-,31-27-,32-28-,35-33-,38-37-,39-34-,52-48-. The SMILES string of the molecule is CC/C=C\C/C=C\C/C=C\C/C=C\CCCCC(=O)OC(COC(=O)CCCCCCCC/C=C\C/C=C\C/C=C\CCCCC)COP(=O)(O)OCC(O)COP(=O)(O)OCC(COC(=O)CCCCCCC/C=C\C/C=C\CCC)OC(=O)CCCCCCC/C=C\CCCCCC. The number of carbonyl (C=O) groups excluding carboxylic acids is 4. The molecule has 0 heterocycles. The highest BCUT2D eigenvalue weighted by molar-refractivity contribution is 7.47. The molecule has 17 nitrogen and oxygen atoms in total. The van der Waals surface area contributed by atoms with Gasteiger partial charge >= 0.3 is 39.5 Å². The van der Waals surface area contributed by atoms with E-state index in [0.29, 0.717) is 32.1 Å². The number of aliphatic hydroxyl groups is 1. The molecule has 0 spiro atoms. The molecule has 574 valence electrons. The van der Waals surface area contributed by atoms with Crippen LogP contribution in [0.5, 0.6) is 0 Å². The van der Waals surface area contributed by atoms with Crippen molar-refractivity contribution >= 4 is 39.5 Å². The highest BCUT2D eigenvalue weighted by Gasteiger charge is 2.30. The summed E-state index contributed by atoms with van der Waals surface area (Å²) >= 11 is 0. The Balaban J connectivity index is 5.39. The minimum Gasteiger partial charge on any atom is -0.462 e. The second-order valence-electron chi connectivity index (χ2n) is 25.6. The molecule has 5 unspecified atom stereocenters. The van der Waals surface area contributed by atoms with Gasteiger partial charge in [-0.1, -0.05) is 252 Å². The van der Waals surface area contributed by atoms with Crippen LogP contribution in [0.2, 0.25) is 0 Å². The first-order valence-electron chi connectivity index (χ1n) is 38.8. The maximum absolute atomic E-state index is 13.1. The summed E-state index contributed by atoms with van der Waals surface area (Å²) in [6, 6.07) is 0. The first-order valence-corrected chi connectivity index (χ1v) is 41.8. The average Bonchev–Trinajstić information content (AvgIpc) is 0.946. The van der Waals surface area contributed by atoms with Crippen LogP contribution < -0.4 is 0 Å². The van der Waals surface area contributed by atoms with E-state index >= 15 is 0 Å². The Morgan fingerprint density at radius 1 is 0.290 bits per heavy atom. The predicted octanol–water partition coefficient (Wildman–Crippen LogP) is 22.3. The summed E-state index contributed by atoms with van der Waals surface area (Å²) in [6.07, 6.45) is 79.0. The largest absolute Gasteiger partial charge is 0.472 e. The van der Waals surface area contributed by atoms with Crippen molar-refractivity contribution in [1.82, 2.24) is 0 Å². The summed E-state index contributed by atoms with van der Waals surface area (Å²) in [7, 11) is -9.98. The zero-order valence-corrected chi connectivity index (χ0v) is 64.4. The zero-order valence-electron chi connectivity index (χ0n) is 62.6. The molecule has 19 heteroatoms. The smallest absolute Gasteiger partial charge is 0.462 e. The summed E-state index contributed by atoms with van der Waals surface area (Å²) in [5.41, 5.74) is 0. The van der Waals surface area contributed by atoms with Crippen LogP contribution in [0.4, 0.5) is 0 Å².